The summed E-state index contributed by atoms with van der Waals surface area (Å²) in [5.74, 6) is 2.32. The first-order valence-corrected chi connectivity index (χ1v) is 5.77. The Bertz CT molecular complexity index is 537. The van der Waals surface area contributed by atoms with Crippen LogP contribution in [0, 0.1) is 0 Å². The summed E-state index contributed by atoms with van der Waals surface area (Å²) in [4.78, 5) is 4.46. The van der Waals surface area contributed by atoms with Crippen molar-refractivity contribution in [1.29, 1.82) is 0 Å². The molecule has 0 saturated heterocycles. The number of hydrogen-bond donors (Lipinski definition) is 0. The van der Waals surface area contributed by atoms with Crippen molar-refractivity contribution in [3.05, 3.63) is 29.0 Å². The third kappa shape index (κ3) is 2.26. The van der Waals surface area contributed by atoms with Gasteiger partial charge in [-0.2, -0.15) is 5.10 Å². The van der Waals surface area contributed by atoms with Gasteiger partial charge in [0.1, 0.15) is 5.75 Å². The molecular formula is C12H14ClN3O. The van der Waals surface area contributed by atoms with Gasteiger partial charge in [0.2, 0.25) is 0 Å². The van der Waals surface area contributed by atoms with Crippen molar-refractivity contribution in [2.24, 2.45) is 7.05 Å². The Hall–Kier alpha value is -1.55. The van der Waals surface area contributed by atoms with Crippen molar-refractivity contribution in [2.45, 2.75) is 13.3 Å². The first-order valence-electron chi connectivity index (χ1n) is 5.39. The number of nitrogens with zero attached hydrogens (tertiary/aromatic N) is 3. The van der Waals surface area contributed by atoms with Crippen molar-refractivity contribution in [3.63, 3.8) is 0 Å². The van der Waals surface area contributed by atoms with Crippen LogP contribution in [0.1, 0.15) is 12.7 Å². The van der Waals surface area contributed by atoms with Gasteiger partial charge in [-0.1, -0.05) is 18.5 Å². The second kappa shape index (κ2) is 4.75. The van der Waals surface area contributed by atoms with Crippen molar-refractivity contribution < 1.29 is 4.74 Å². The van der Waals surface area contributed by atoms with E-state index in [2.05, 4.69) is 10.1 Å². The first kappa shape index (κ1) is 11.9. The minimum absolute atomic E-state index is 0.654. The fourth-order valence-electron chi connectivity index (χ4n) is 1.68. The van der Waals surface area contributed by atoms with E-state index in [1.54, 1.807) is 17.9 Å². The standard InChI is InChI=1S/C12H14ClN3O/c1-4-11-14-12(16(2)15-11)9-7-8(13)5-6-10(9)17-3/h5-7H,4H2,1-3H3. The molecule has 0 unspecified atom stereocenters. The molecule has 2 rings (SSSR count). The van der Waals surface area contributed by atoms with E-state index >= 15 is 0 Å². The lowest BCUT2D eigenvalue weighted by atomic mass is 10.2. The highest BCUT2D eigenvalue weighted by Crippen LogP contribution is 2.31. The molecule has 0 fully saturated rings. The highest BCUT2D eigenvalue weighted by molar-refractivity contribution is 6.30. The maximum Gasteiger partial charge on any atom is 0.161 e. The molecule has 17 heavy (non-hydrogen) atoms. The van der Waals surface area contributed by atoms with Crippen LogP contribution in [0.4, 0.5) is 0 Å². The normalized spacial score (nSPS) is 10.6. The summed E-state index contributed by atoms with van der Waals surface area (Å²) in [7, 11) is 3.49. The molecular weight excluding hydrogens is 238 g/mol. The van der Waals surface area contributed by atoms with Gasteiger partial charge >= 0.3 is 0 Å². The van der Waals surface area contributed by atoms with Gasteiger partial charge in [-0.05, 0) is 18.2 Å². The Labute approximate surface area is 105 Å². The topological polar surface area (TPSA) is 39.9 Å². The SMILES string of the molecule is CCc1nc(-c2cc(Cl)ccc2OC)n(C)n1. The number of hydrogen-bond acceptors (Lipinski definition) is 3. The minimum atomic E-state index is 0.654. The number of aromatic nitrogens is 3. The van der Waals surface area contributed by atoms with Crippen molar-refractivity contribution in [1.82, 2.24) is 14.8 Å². The fourth-order valence-corrected chi connectivity index (χ4v) is 1.85. The molecule has 0 saturated carbocycles. The van der Waals surface area contributed by atoms with Crippen LogP contribution in [0.25, 0.3) is 11.4 Å². The Kier molecular flexibility index (Phi) is 3.33. The van der Waals surface area contributed by atoms with Gasteiger partial charge in [0.25, 0.3) is 0 Å². The lowest BCUT2D eigenvalue weighted by Crippen LogP contribution is -1.97. The fraction of sp³-hybridized carbons (Fsp3) is 0.333. The van der Waals surface area contributed by atoms with Crippen LogP contribution in [-0.4, -0.2) is 21.9 Å². The van der Waals surface area contributed by atoms with Crippen LogP contribution in [0.2, 0.25) is 5.02 Å². The number of benzene rings is 1. The van der Waals surface area contributed by atoms with Crippen LogP contribution in [0.3, 0.4) is 0 Å². The predicted molar refractivity (Wildman–Crippen MR) is 67.4 cm³/mol. The van der Waals surface area contributed by atoms with Crippen molar-refractivity contribution in [2.75, 3.05) is 7.11 Å². The molecule has 4 nitrogen and oxygen atoms in total. The zero-order valence-corrected chi connectivity index (χ0v) is 10.8. The maximum absolute atomic E-state index is 6.00. The largest absolute Gasteiger partial charge is 0.496 e. The molecule has 0 amide bonds. The summed E-state index contributed by atoms with van der Waals surface area (Å²) in [6.07, 6.45) is 0.802. The minimum Gasteiger partial charge on any atom is -0.496 e. The second-order valence-corrected chi connectivity index (χ2v) is 4.11. The zero-order chi connectivity index (χ0) is 12.4. The zero-order valence-electron chi connectivity index (χ0n) is 10.1. The molecule has 0 atom stereocenters. The quantitative estimate of drug-likeness (QED) is 0.842. The summed E-state index contributed by atoms with van der Waals surface area (Å²) in [5.41, 5.74) is 0.856. The van der Waals surface area contributed by atoms with Crippen LogP contribution in [0.5, 0.6) is 5.75 Å². The third-order valence-electron chi connectivity index (χ3n) is 2.53. The van der Waals surface area contributed by atoms with Gasteiger partial charge in [-0.25, -0.2) is 9.67 Å². The Balaban J connectivity index is 2.58. The Morgan fingerprint density at radius 1 is 1.41 bits per heavy atom. The van der Waals surface area contributed by atoms with E-state index in [0.29, 0.717) is 5.02 Å². The second-order valence-electron chi connectivity index (χ2n) is 3.67. The van der Waals surface area contributed by atoms with Crippen LogP contribution < -0.4 is 4.74 Å². The lowest BCUT2D eigenvalue weighted by molar-refractivity contribution is 0.416. The molecule has 0 bridgehead atoms. The third-order valence-corrected chi connectivity index (χ3v) is 2.76. The Morgan fingerprint density at radius 3 is 2.76 bits per heavy atom. The van der Waals surface area contributed by atoms with Gasteiger partial charge in [0, 0.05) is 18.5 Å². The summed E-state index contributed by atoms with van der Waals surface area (Å²) < 4.78 is 7.06. The van der Waals surface area contributed by atoms with Gasteiger partial charge in [0.15, 0.2) is 11.6 Å². The molecule has 1 aromatic carbocycles. The molecule has 0 aliphatic carbocycles. The molecule has 2 aromatic rings. The first-order chi connectivity index (χ1) is 8.15. The molecule has 1 aromatic heterocycles. The highest BCUT2D eigenvalue weighted by atomic mass is 35.5. The van der Waals surface area contributed by atoms with Gasteiger partial charge in [-0.15, -0.1) is 0 Å². The molecule has 0 aliphatic rings. The smallest absolute Gasteiger partial charge is 0.161 e. The van der Waals surface area contributed by atoms with E-state index in [1.807, 2.05) is 26.1 Å². The van der Waals surface area contributed by atoms with Crippen LogP contribution in [-0.2, 0) is 13.5 Å². The molecule has 90 valence electrons. The number of rotatable bonds is 3. The summed E-state index contributed by atoms with van der Waals surface area (Å²) in [6.45, 7) is 2.02. The summed E-state index contributed by atoms with van der Waals surface area (Å²) >= 11 is 6.00. The average molecular weight is 252 g/mol. The highest BCUT2D eigenvalue weighted by Gasteiger charge is 2.13. The lowest BCUT2D eigenvalue weighted by Gasteiger charge is -2.07. The molecule has 0 spiro atoms. The number of aryl methyl sites for hydroxylation is 2. The van der Waals surface area contributed by atoms with E-state index in [9.17, 15) is 0 Å². The Morgan fingerprint density at radius 2 is 2.18 bits per heavy atom. The van der Waals surface area contributed by atoms with E-state index in [0.717, 1.165) is 29.4 Å². The molecule has 0 aliphatic heterocycles. The van der Waals surface area contributed by atoms with Gasteiger partial charge in [0.05, 0.1) is 12.7 Å². The summed E-state index contributed by atoms with van der Waals surface area (Å²) in [6, 6.07) is 5.46. The number of methoxy groups -OCH3 is 1. The molecule has 1 heterocycles. The number of halogens is 1. The number of ether oxygens (including phenoxy) is 1. The molecule has 0 N–H and O–H groups in total. The van der Waals surface area contributed by atoms with Gasteiger partial charge in [-0.3, -0.25) is 0 Å². The molecule has 0 radical (unpaired) electrons. The van der Waals surface area contributed by atoms with Crippen LogP contribution in [0.15, 0.2) is 18.2 Å². The average Bonchev–Trinajstić information content (AvgIpc) is 2.70. The van der Waals surface area contributed by atoms with Crippen LogP contribution >= 0.6 is 11.6 Å². The molecule has 5 heteroatoms. The van der Waals surface area contributed by atoms with E-state index in [1.165, 1.54) is 0 Å². The van der Waals surface area contributed by atoms with E-state index < -0.39 is 0 Å². The predicted octanol–water partition coefficient (Wildman–Crippen LogP) is 2.71. The van der Waals surface area contributed by atoms with Gasteiger partial charge < -0.3 is 4.74 Å². The van der Waals surface area contributed by atoms with Crippen molar-refractivity contribution >= 4 is 11.6 Å². The summed E-state index contributed by atoms with van der Waals surface area (Å²) in [5, 5.41) is 4.97. The van der Waals surface area contributed by atoms with Crippen molar-refractivity contribution in [3.8, 4) is 17.1 Å². The van der Waals surface area contributed by atoms with E-state index in [4.69, 9.17) is 16.3 Å². The van der Waals surface area contributed by atoms with E-state index in [-0.39, 0.29) is 0 Å². The monoisotopic (exact) mass is 251 g/mol. The maximum atomic E-state index is 6.00.